The van der Waals surface area contributed by atoms with Crippen LogP contribution < -0.4 is 9.46 Å². The fourth-order valence-corrected chi connectivity index (χ4v) is 3.52. The first kappa shape index (κ1) is 16.8. The molecule has 0 aliphatic heterocycles. The van der Waals surface area contributed by atoms with Crippen molar-refractivity contribution in [2.75, 3.05) is 11.8 Å². The van der Waals surface area contributed by atoms with Gasteiger partial charge in [-0.1, -0.05) is 6.07 Å². The molecule has 2 aromatic carbocycles. The van der Waals surface area contributed by atoms with E-state index < -0.39 is 16.0 Å². The topological polar surface area (TPSA) is 92.7 Å². The van der Waals surface area contributed by atoms with Gasteiger partial charge >= 0.3 is 5.97 Å². The molecule has 0 saturated heterocycles. The van der Waals surface area contributed by atoms with Crippen LogP contribution >= 0.6 is 0 Å². The number of methoxy groups -OCH3 is 1. The third-order valence-electron chi connectivity index (χ3n) is 3.48. The van der Waals surface area contributed by atoms with E-state index in [-0.39, 0.29) is 10.5 Å². The number of ether oxygens (including phenoxy) is 1. The second kappa shape index (κ2) is 6.29. The highest BCUT2D eigenvalue weighted by molar-refractivity contribution is 7.92. The second-order valence-corrected chi connectivity index (χ2v) is 6.71. The van der Waals surface area contributed by atoms with Crippen molar-refractivity contribution in [1.29, 1.82) is 0 Å². The summed E-state index contributed by atoms with van der Waals surface area (Å²) in [6, 6.07) is 9.08. The Morgan fingerprint density at radius 1 is 1.17 bits per heavy atom. The van der Waals surface area contributed by atoms with Crippen LogP contribution in [0.15, 0.2) is 41.3 Å². The van der Waals surface area contributed by atoms with E-state index in [1.165, 1.54) is 13.2 Å². The highest BCUT2D eigenvalue weighted by Gasteiger charge is 2.21. The van der Waals surface area contributed by atoms with Gasteiger partial charge in [-0.2, -0.15) is 0 Å². The molecule has 122 valence electrons. The van der Waals surface area contributed by atoms with Gasteiger partial charge in [0.1, 0.15) is 5.75 Å². The zero-order valence-corrected chi connectivity index (χ0v) is 13.8. The molecule has 7 heteroatoms. The molecular formula is C16H17NO5S. The first-order valence-corrected chi connectivity index (χ1v) is 8.24. The van der Waals surface area contributed by atoms with E-state index >= 15 is 0 Å². The predicted molar refractivity (Wildman–Crippen MR) is 86.7 cm³/mol. The fraction of sp³-hybridized carbons (Fsp3) is 0.188. The largest absolute Gasteiger partial charge is 0.497 e. The van der Waals surface area contributed by atoms with Gasteiger partial charge < -0.3 is 9.84 Å². The van der Waals surface area contributed by atoms with E-state index in [4.69, 9.17) is 9.84 Å². The SMILES string of the molecule is COc1cccc(NS(=O)(=O)c2cc(C(=O)O)cc(C)c2C)c1. The quantitative estimate of drug-likeness (QED) is 0.876. The summed E-state index contributed by atoms with van der Waals surface area (Å²) in [6.45, 7) is 3.31. The van der Waals surface area contributed by atoms with Gasteiger partial charge in [-0.3, -0.25) is 4.72 Å². The third-order valence-corrected chi connectivity index (χ3v) is 4.99. The van der Waals surface area contributed by atoms with Gasteiger partial charge in [0.25, 0.3) is 10.0 Å². The smallest absolute Gasteiger partial charge is 0.335 e. The summed E-state index contributed by atoms with van der Waals surface area (Å²) in [4.78, 5) is 11.1. The summed E-state index contributed by atoms with van der Waals surface area (Å²) in [5, 5.41) is 9.12. The molecule has 0 unspecified atom stereocenters. The van der Waals surface area contributed by atoms with Gasteiger partial charge in [0.05, 0.1) is 23.3 Å². The lowest BCUT2D eigenvalue weighted by Crippen LogP contribution is -2.16. The minimum absolute atomic E-state index is 0.0577. The zero-order valence-electron chi connectivity index (χ0n) is 13.0. The molecule has 0 saturated carbocycles. The summed E-state index contributed by atoms with van der Waals surface area (Å²) >= 11 is 0. The van der Waals surface area contributed by atoms with Crippen LogP contribution in [0.1, 0.15) is 21.5 Å². The van der Waals surface area contributed by atoms with Crippen LogP contribution in [-0.4, -0.2) is 26.6 Å². The van der Waals surface area contributed by atoms with Crippen molar-refractivity contribution < 1.29 is 23.1 Å². The van der Waals surface area contributed by atoms with Crippen LogP contribution in [0.25, 0.3) is 0 Å². The number of aryl methyl sites for hydroxylation is 1. The van der Waals surface area contributed by atoms with Crippen molar-refractivity contribution >= 4 is 21.7 Å². The van der Waals surface area contributed by atoms with Crippen molar-refractivity contribution in [2.45, 2.75) is 18.7 Å². The number of hydrogen-bond acceptors (Lipinski definition) is 4. The van der Waals surface area contributed by atoms with Gasteiger partial charge in [-0.25, -0.2) is 13.2 Å². The molecule has 2 rings (SSSR count). The van der Waals surface area contributed by atoms with E-state index in [9.17, 15) is 13.2 Å². The normalized spacial score (nSPS) is 11.1. The maximum absolute atomic E-state index is 12.6. The zero-order chi connectivity index (χ0) is 17.2. The Kier molecular flexibility index (Phi) is 4.60. The number of aromatic carboxylic acids is 1. The van der Waals surface area contributed by atoms with Crippen LogP contribution in [0, 0.1) is 13.8 Å². The predicted octanol–water partition coefficient (Wildman–Crippen LogP) is 2.81. The molecule has 0 amide bonds. The maximum Gasteiger partial charge on any atom is 0.335 e. The molecular weight excluding hydrogens is 318 g/mol. The average Bonchev–Trinajstić information content (AvgIpc) is 2.49. The Labute approximate surface area is 134 Å². The number of carboxylic acid groups (broad SMARTS) is 1. The Morgan fingerprint density at radius 2 is 1.87 bits per heavy atom. The first-order valence-electron chi connectivity index (χ1n) is 6.76. The Balaban J connectivity index is 2.49. The van der Waals surface area contributed by atoms with Crippen molar-refractivity contribution in [2.24, 2.45) is 0 Å². The highest BCUT2D eigenvalue weighted by Crippen LogP contribution is 2.25. The number of carboxylic acids is 1. The van der Waals surface area contributed by atoms with Crippen molar-refractivity contribution in [3.8, 4) is 5.75 Å². The molecule has 0 aliphatic rings. The van der Waals surface area contributed by atoms with Gasteiger partial charge in [0.15, 0.2) is 0 Å². The number of anilines is 1. The minimum Gasteiger partial charge on any atom is -0.497 e. The van der Waals surface area contributed by atoms with Gasteiger partial charge in [-0.15, -0.1) is 0 Å². The van der Waals surface area contributed by atoms with Crippen LogP contribution in [-0.2, 0) is 10.0 Å². The molecule has 2 aromatic rings. The van der Waals surface area contributed by atoms with E-state index in [0.29, 0.717) is 22.6 Å². The minimum atomic E-state index is -3.92. The van der Waals surface area contributed by atoms with E-state index in [1.807, 2.05) is 0 Å². The summed E-state index contributed by atoms with van der Waals surface area (Å²) < 4.78 is 32.7. The van der Waals surface area contributed by atoms with E-state index in [2.05, 4.69) is 4.72 Å². The van der Waals surface area contributed by atoms with Crippen LogP contribution in [0.3, 0.4) is 0 Å². The number of sulfonamides is 1. The highest BCUT2D eigenvalue weighted by atomic mass is 32.2. The number of hydrogen-bond donors (Lipinski definition) is 2. The Morgan fingerprint density at radius 3 is 2.48 bits per heavy atom. The van der Waals surface area contributed by atoms with Crippen molar-refractivity contribution in [3.05, 3.63) is 53.1 Å². The number of rotatable bonds is 5. The molecule has 2 N–H and O–H groups in total. The molecule has 0 aromatic heterocycles. The number of benzene rings is 2. The van der Waals surface area contributed by atoms with Crippen LogP contribution in [0.5, 0.6) is 5.75 Å². The third kappa shape index (κ3) is 3.62. The molecule has 0 radical (unpaired) electrons. The van der Waals surface area contributed by atoms with Gasteiger partial charge in [0.2, 0.25) is 0 Å². The summed E-state index contributed by atoms with van der Waals surface area (Å²) in [6.07, 6.45) is 0. The van der Waals surface area contributed by atoms with Crippen LogP contribution in [0.2, 0.25) is 0 Å². The lowest BCUT2D eigenvalue weighted by Gasteiger charge is -2.13. The summed E-state index contributed by atoms with van der Waals surface area (Å²) in [5.41, 5.74) is 1.36. The molecule has 0 heterocycles. The molecule has 0 fully saturated rings. The van der Waals surface area contributed by atoms with Crippen molar-refractivity contribution in [1.82, 2.24) is 0 Å². The number of carbonyl (C=O) groups is 1. The molecule has 23 heavy (non-hydrogen) atoms. The lowest BCUT2D eigenvalue weighted by molar-refractivity contribution is 0.0696. The Hall–Kier alpha value is -2.54. The second-order valence-electron chi connectivity index (χ2n) is 5.06. The van der Waals surface area contributed by atoms with Gasteiger partial charge in [0, 0.05) is 6.07 Å². The fourth-order valence-electron chi connectivity index (χ4n) is 2.13. The molecule has 6 nitrogen and oxygen atoms in total. The molecule has 0 bridgehead atoms. The van der Waals surface area contributed by atoms with Gasteiger partial charge in [-0.05, 0) is 49.2 Å². The van der Waals surface area contributed by atoms with E-state index in [0.717, 1.165) is 6.07 Å². The van der Waals surface area contributed by atoms with E-state index in [1.54, 1.807) is 38.1 Å². The lowest BCUT2D eigenvalue weighted by atomic mass is 10.1. The summed E-state index contributed by atoms with van der Waals surface area (Å²) in [7, 11) is -2.43. The maximum atomic E-state index is 12.6. The molecule has 0 aliphatic carbocycles. The van der Waals surface area contributed by atoms with Crippen molar-refractivity contribution in [3.63, 3.8) is 0 Å². The standard InChI is InChI=1S/C16H17NO5S/c1-10-7-12(16(18)19)8-15(11(10)2)23(20,21)17-13-5-4-6-14(9-13)22-3/h4-9,17H,1-3H3,(H,18,19). The number of nitrogens with one attached hydrogen (secondary N) is 1. The monoisotopic (exact) mass is 335 g/mol. The van der Waals surface area contributed by atoms with Crippen LogP contribution in [0.4, 0.5) is 5.69 Å². The molecule has 0 spiro atoms. The average molecular weight is 335 g/mol. The molecule has 0 atom stereocenters. The Bertz CT molecular complexity index is 859. The summed E-state index contributed by atoms with van der Waals surface area (Å²) in [5.74, 6) is -0.664. The first-order chi connectivity index (χ1) is 10.7.